The highest BCUT2D eigenvalue weighted by molar-refractivity contribution is 4.65. The smallest absolute Gasteiger partial charge is 0.000449 e. The fourth-order valence-corrected chi connectivity index (χ4v) is 2.68. The average molecular weight is 256 g/mol. The largest absolute Gasteiger partial charge is 0.330 e. The molecule has 1 atom stereocenters. The molecule has 2 nitrogen and oxygen atoms in total. The molecule has 0 spiro atoms. The van der Waals surface area contributed by atoms with Crippen molar-refractivity contribution in [2.24, 2.45) is 23.5 Å². The van der Waals surface area contributed by atoms with E-state index in [-0.39, 0.29) is 0 Å². The fourth-order valence-electron chi connectivity index (χ4n) is 2.68. The minimum atomic E-state index is 0.773. The van der Waals surface area contributed by atoms with Crippen molar-refractivity contribution >= 4 is 0 Å². The van der Waals surface area contributed by atoms with E-state index in [4.69, 9.17) is 5.73 Å². The Kier molecular flexibility index (Phi) is 10.8. The van der Waals surface area contributed by atoms with E-state index in [1.807, 2.05) is 0 Å². The van der Waals surface area contributed by atoms with Crippen molar-refractivity contribution in [2.75, 3.05) is 26.2 Å². The maximum atomic E-state index is 5.66. The molecule has 0 radical (unpaired) electrons. The standard InChI is InChI=1S/C16H36N2/c1-6-16(9-10-17)8-7-11-18(12-14(2)3)13-15(4)5/h14-16H,6-13,17H2,1-5H3. The third-order valence-electron chi connectivity index (χ3n) is 3.49. The summed E-state index contributed by atoms with van der Waals surface area (Å²) in [5, 5.41) is 0. The van der Waals surface area contributed by atoms with Crippen LogP contribution in [0.4, 0.5) is 0 Å². The van der Waals surface area contributed by atoms with Crippen molar-refractivity contribution in [3.63, 3.8) is 0 Å². The highest BCUT2D eigenvalue weighted by Crippen LogP contribution is 2.15. The molecule has 0 aromatic carbocycles. The van der Waals surface area contributed by atoms with Crippen LogP contribution in [0.3, 0.4) is 0 Å². The minimum absolute atomic E-state index is 0.773. The second-order valence-corrected chi connectivity index (χ2v) is 6.54. The van der Waals surface area contributed by atoms with Crippen molar-refractivity contribution in [1.29, 1.82) is 0 Å². The summed E-state index contributed by atoms with van der Waals surface area (Å²) < 4.78 is 0. The van der Waals surface area contributed by atoms with Gasteiger partial charge in [0.15, 0.2) is 0 Å². The predicted octanol–water partition coefficient (Wildman–Crippen LogP) is 3.76. The van der Waals surface area contributed by atoms with E-state index in [0.29, 0.717) is 0 Å². The number of nitrogens with two attached hydrogens (primary N) is 1. The number of hydrogen-bond donors (Lipinski definition) is 1. The summed E-state index contributed by atoms with van der Waals surface area (Å²) in [7, 11) is 0. The zero-order chi connectivity index (χ0) is 14.0. The summed E-state index contributed by atoms with van der Waals surface area (Å²) in [6, 6.07) is 0. The first kappa shape index (κ1) is 17.9. The molecule has 0 saturated carbocycles. The van der Waals surface area contributed by atoms with Gasteiger partial charge in [-0.2, -0.15) is 0 Å². The summed E-state index contributed by atoms with van der Waals surface area (Å²) in [5.74, 6) is 2.39. The molecule has 0 amide bonds. The van der Waals surface area contributed by atoms with Crippen LogP contribution < -0.4 is 5.73 Å². The van der Waals surface area contributed by atoms with E-state index in [9.17, 15) is 0 Å². The summed E-state index contributed by atoms with van der Waals surface area (Å²) in [5.41, 5.74) is 5.66. The van der Waals surface area contributed by atoms with Crippen molar-refractivity contribution in [2.45, 2.75) is 60.3 Å². The van der Waals surface area contributed by atoms with Gasteiger partial charge in [0.05, 0.1) is 0 Å². The van der Waals surface area contributed by atoms with Crippen LogP contribution in [0.15, 0.2) is 0 Å². The summed E-state index contributed by atoms with van der Waals surface area (Å²) in [6.45, 7) is 16.1. The lowest BCUT2D eigenvalue weighted by Crippen LogP contribution is -2.32. The number of nitrogens with zero attached hydrogens (tertiary/aromatic N) is 1. The lowest BCUT2D eigenvalue weighted by molar-refractivity contribution is 0.210. The summed E-state index contributed by atoms with van der Waals surface area (Å²) in [6.07, 6.45) is 5.16. The molecule has 0 saturated heterocycles. The zero-order valence-electron chi connectivity index (χ0n) is 13.4. The SMILES string of the molecule is CCC(CCN)CCCN(CC(C)C)CC(C)C. The van der Waals surface area contributed by atoms with Gasteiger partial charge < -0.3 is 10.6 Å². The van der Waals surface area contributed by atoms with Gasteiger partial charge in [-0.1, -0.05) is 41.0 Å². The van der Waals surface area contributed by atoms with Crippen LogP contribution in [0.1, 0.15) is 60.3 Å². The molecular formula is C16H36N2. The zero-order valence-corrected chi connectivity index (χ0v) is 13.4. The maximum Gasteiger partial charge on any atom is 0.000449 e. The number of hydrogen-bond acceptors (Lipinski definition) is 2. The van der Waals surface area contributed by atoms with Crippen LogP contribution in [-0.2, 0) is 0 Å². The van der Waals surface area contributed by atoms with Crippen molar-refractivity contribution in [3.8, 4) is 0 Å². The third kappa shape index (κ3) is 9.90. The molecule has 110 valence electrons. The molecule has 0 bridgehead atoms. The van der Waals surface area contributed by atoms with Gasteiger partial charge in [-0.05, 0) is 50.1 Å². The molecule has 0 aliphatic carbocycles. The van der Waals surface area contributed by atoms with Gasteiger partial charge in [0.2, 0.25) is 0 Å². The Morgan fingerprint density at radius 2 is 1.50 bits per heavy atom. The van der Waals surface area contributed by atoms with E-state index < -0.39 is 0 Å². The molecule has 0 rings (SSSR count). The first-order valence-corrected chi connectivity index (χ1v) is 7.91. The molecule has 0 aliphatic heterocycles. The van der Waals surface area contributed by atoms with Crippen LogP contribution in [0.25, 0.3) is 0 Å². The second kappa shape index (κ2) is 10.8. The molecule has 0 aliphatic rings. The van der Waals surface area contributed by atoms with E-state index in [2.05, 4.69) is 39.5 Å². The fraction of sp³-hybridized carbons (Fsp3) is 1.00. The molecule has 2 N–H and O–H groups in total. The summed E-state index contributed by atoms with van der Waals surface area (Å²) in [4.78, 5) is 2.64. The van der Waals surface area contributed by atoms with Gasteiger partial charge in [-0.3, -0.25) is 0 Å². The Hall–Kier alpha value is -0.0800. The van der Waals surface area contributed by atoms with Crippen LogP contribution in [0.2, 0.25) is 0 Å². The molecule has 0 heterocycles. The van der Waals surface area contributed by atoms with Crippen molar-refractivity contribution < 1.29 is 0 Å². The second-order valence-electron chi connectivity index (χ2n) is 6.54. The third-order valence-corrected chi connectivity index (χ3v) is 3.49. The first-order chi connectivity index (χ1) is 8.49. The van der Waals surface area contributed by atoms with E-state index in [1.54, 1.807) is 0 Å². The lowest BCUT2D eigenvalue weighted by Gasteiger charge is -2.26. The predicted molar refractivity (Wildman–Crippen MR) is 82.8 cm³/mol. The molecule has 18 heavy (non-hydrogen) atoms. The normalized spacial score (nSPS) is 13.8. The molecule has 1 unspecified atom stereocenters. The maximum absolute atomic E-state index is 5.66. The van der Waals surface area contributed by atoms with Gasteiger partial charge in [0.1, 0.15) is 0 Å². The first-order valence-electron chi connectivity index (χ1n) is 7.91. The Morgan fingerprint density at radius 3 is 1.89 bits per heavy atom. The van der Waals surface area contributed by atoms with Gasteiger partial charge in [0.25, 0.3) is 0 Å². The van der Waals surface area contributed by atoms with Gasteiger partial charge >= 0.3 is 0 Å². The van der Waals surface area contributed by atoms with Crippen LogP contribution in [0.5, 0.6) is 0 Å². The Labute approximate surface area is 115 Å². The summed E-state index contributed by atoms with van der Waals surface area (Å²) >= 11 is 0. The Bertz CT molecular complexity index is 168. The van der Waals surface area contributed by atoms with Crippen molar-refractivity contribution in [3.05, 3.63) is 0 Å². The number of rotatable bonds is 11. The van der Waals surface area contributed by atoms with E-state index in [0.717, 1.165) is 24.3 Å². The molecule has 0 aromatic heterocycles. The topological polar surface area (TPSA) is 29.3 Å². The van der Waals surface area contributed by atoms with Crippen molar-refractivity contribution in [1.82, 2.24) is 4.90 Å². The van der Waals surface area contributed by atoms with Crippen LogP contribution in [-0.4, -0.2) is 31.1 Å². The molecule has 2 heteroatoms. The minimum Gasteiger partial charge on any atom is -0.330 e. The van der Waals surface area contributed by atoms with E-state index >= 15 is 0 Å². The highest BCUT2D eigenvalue weighted by atomic mass is 15.1. The lowest BCUT2D eigenvalue weighted by atomic mass is 9.96. The molecular weight excluding hydrogens is 220 g/mol. The van der Waals surface area contributed by atoms with Crippen LogP contribution >= 0.6 is 0 Å². The Morgan fingerprint density at radius 1 is 0.944 bits per heavy atom. The quantitative estimate of drug-likeness (QED) is 0.610. The van der Waals surface area contributed by atoms with E-state index in [1.165, 1.54) is 45.3 Å². The average Bonchev–Trinajstić information content (AvgIpc) is 2.26. The molecule has 0 fully saturated rings. The van der Waals surface area contributed by atoms with Gasteiger partial charge in [0, 0.05) is 13.1 Å². The van der Waals surface area contributed by atoms with Crippen LogP contribution in [0, 0.1) is 17.8 Å². The van der Waals surface area contributed by atoms with Gasteiger partial charge in [-0.25, -0.2) is 0 Å². The van der Waals surface area contributed by atoms with Gasteiger partial charge in [-0.15, -0.1) is 0 Å². The monoisotopic (exact) mass is 256 g/mol. The Balaban J connectivity index is 3.93. The highest BCUT2D eigenvalue weighted by Gasteiger charge is 2.11. The molecule has 0 aromatic rings.